The van der Waals surface area contributed by atoms with Gasteiger partial charge in [-0.2, -0.15) is 0 Å². The quantitative estimate of drug-likeness (QED) is 0.658. The second kappa shape index (κ2) is 8.20. The number of nitrogens with zero attached hydrogens (tertiary/aromatic N) is 3. The highest BCUT2D eigenvalue weighted by Crippen LogP contribution is 2.28. The molecule has 3 aromatic rings. The van der Waals surface area contributed by atoms with Gasteiger partial charge >= 0.3 is 0 Å². The van der Waals surface area contributed by atoms with Gasteiger partial charge in [0, 0.05) is 48.0 Å². The Hall–Kier alpha value is -2.57. The number of hydrogen-bond donors (Lipinski definition) is 1. The fourth-order valence-electron chi connectivity index (χ4n) is 3.55. The van der Waals surface area contributed by atoms with Crippen molar-refractivity contribution in [3.05, 3.63) is 64.7 Å². The third-order valence-corrected chi connectivity index (χ3v) is 6.17. The van der Waals surface area contributed by atoms with Crippen molar-refractivity contribution in [1.29, 1.82) is 0 Å². The summed E-state index contributed by atoms with van der Waals surface area (Å²) in [6.07, 6.45) is 5.19. The van der Waals surface area contributed by atoms with Crippen molar-refractivity contribution < 1.29 is 4.79 Å². The minimum absolute atomic E-state index is 0.149. The summed E-state index contributed by atoms with van der Waals surface area (Å²) in [5.74, 6) is 0.223. The Morgan fingerprint density at radius 2 is 1.82 bits per heavy atom. The van der Waals surface area contributed by atoms with Gasteiger partial charge in [0.05, 0.1) is 11.7 Å². The fourth-order valence-corrected chi connectivity index (χ4v) is 4.39. The van der Waals surface area contributed by atoms with Crippen LogP contribution in [0.4, 0.5) is 5.69 Å². The molecule has 6 heteroatoms. The number of amides is 1. The maximum Gasteiger partial charge on any atom is 0.227 e. The molecule has 3 heterocycles. The summed E-state index contributed by atoms with van der Waals surface area (Å²) < 4.78 is 0. The Bertz CT molecular complexity index is 939. The monoisotopic (exact) mass is 392 g/mol. The topological polar surface area (TPSA) is 58.1 Å². The number of aromatic nitrogens is 2. The number of hydrogen-bond acceptors (Lipinski definition) is 5. The van der Waals surface area contributed by atoms with Crippen LogP contribution in [0.5, 0.6) is 0 Å². The molecule has 0 radical (unpaired) electrons. The van der Waals surface area contributed by atoms with E-state index in [0.29, 0.717) is 6.42 Å². The van der Waals surface area contributed by atoms with Crippen LogP contribution in [0, 0.1) is 0 Å². The minimum atomic E-state index is 0.149. The molecule has 2 unspecified atom stereocenters. The molecule has 5 nitrogen and oxygen atoms in total. The van der Waals surface area contributed by atoms with E-state index in [4.69, 9.17) is 4.98 Å². The lowest BCUT2D eigenvalue weighted by Gasteiger charge is -2.20. The van der Waals surface area contributed by atoms with E-state index in [0.717, 1.165) is 34.9 Å². The van der Waals surface area contributed by atoms with Crippen molar-refractivity contribution in [3.63, 3.8) is 0 Å². The molecule has 0 bridgehead atoms. The highest BCUT2D eigenvalue weighted by atomic mass is 32.1. The van der Waals surface area contributed by atoms with Crippen LogP contribution in [0.1, 0.15) is 49.3 Å². The Balaban J connectivity index is 1.41. The average Bonchev–Trinajstić information content (AvgIpc) is 3.38. The van der Waals surface area contributed by atoms with E-state index in [1.165, 1.54) is 5.56 Å². The third-order valence-electron chi connectivity index (χ3n) is 5.15. The van der Waals surface area contributed by atoms with Gasteiger partial charge < -0.3 is 10.2 Å². The van der Waals surface area contributed by atoms with Crippen molar-refractivity contribution in [1.82, 2.24) is 15.3 Å². The van der Waals surface area contributed by atoms with Crippen molar-refractivity contribution in [2.24, 2.45) is 0 Å². The molecule has 28 heavy (non-hydrogen) atoms. The van der Waals surface area contributed by atoms with Gasteiger partial charge in [-0.15, -0.1) is 11.3 Å². The summed E-state index contributed by atoms with van der Waals surface area (Å²) >= 11 is 1.67. The summed E-state index contributed by atoms with van der Waals surface area (Å²) in [5.41, 5.74) is 4.27. The predicted octanol–water partition coefficient (Wildman–Crippen LogP) is 4.74. The lowest BCUT2D eigenvalue weighted by atomic mass is 10.1. The van der Waals surface area contributed by atoms with E-state index < -0.39 is 0 Å². The van der Waals surface area contributed by atoms with Crippen LogP contribution in [0.3, 0.4) is 0 Å². The molecule has 2 atom stereocenters. The highest BCUT2D eigenvalue weighted by Gasteiger charge is 2.22. The third kappa shape index (κ3) is 3.98. The zero-order valence-corrected chi connectivity index (χ0v) is 16.9. The van der Waals surface area contributed by atoms with Gasteiger partial charge in [0.2, 0.25) is 5.91 Å². The van der Waals surface area contributed by atoms with Crippen molar-refractivity contribution in [3.8, 4) is 11.3 Å². The van der Waals surface area contributed by atoms with Gasteiger partial charge in [-0.1, -0.05) is 12.1 Å². The summed E-state index contributed by atoms with van der Waals surface area (Å²) in [6.45, 7) is 5.12. The fraction of sp³-hybridized carbons (Fsp3) is 0.318. The zero-order valence-electron chi connectivity index (χ0n) is 16.1. The second-order valence-corrected chi connectivity index (χ2v) is 8.05. The minimum Gasteiger partial charge on any atom is -0.312 e. The van der Waals surface area contributed by atoms with Crippen LogP contribution >= 0.6 is 11.3 Å². The molecular weight excluding hydrogens is 368 g/mol. The molecular formula is C22H24N4OS. The van der Waals surface area contributed by atoms with Crippen molar-refractivity contribution >= 4 is 22.9 Å². The van der Waals surface area contributed by atoms with Crippen molar-refractivity contribution in [2.75, 3.05) is 11.4 Å². The molecule has 1 N–H and O–H groups in total. The number of rotatable bonds is 6. The van der Waals surface area contributed by atoms with Gasteiger partial charge in [-0.25, -0.2) is 4.98 Å². The first-order valence-electron chi connectivity index (χ1n) is 9.64. The largest absolute Gasteiger partial charge is 0.312 e. The van der Waals surface area contributed by atoms with E-state index in [-0.39, 0.29) is 18.0 Å². The number of carbonyl (C=O) groups is 1. The summed E-state index contributed by atoms with van der Waals surface area (Å²) in [4.78, 5) is 22.6. The lowest BCUT2D eigenvalue weighted by Crippen LogP contribution is -2.24. The van der Waals surface area contributed by atoms with Gasteiger partial charge in [0.15, 0.2) is 0 Å². The van der Waals surface area contributed by atoms with E-state index in [9.17, 15) is 4.79 Å². The normalized spacial score (nSPS) is 16.4. The van der Waals surface area contributed by atoms with Gasteiger partial charge in [-0.05, 0) is 50.1 Å². The predicted molar refractivity (Wildman–Crippen MR) is 113 cm³/mol. The Morgan fingerprint density at radius 3 is 2.50 bits per heavy atom. The number of nitrogens with one attached hydrogen (secondary N) is 1. The maximum absolute atomic E-state index is 11.9. The Kier molecular flexibility index (Phi) is 5.50. The molecule has 0 spiro atoms. The molecule has 1 aromatic carbocycles. The number of thiazole rings is 1. The molecule has 0 aliphatic carbocycles. The van der Waals surface area contributed by atoms with Crippen LogP contribution in [0.15, 0.2) is 54.2 Å². The van der Waals surface area contributed by atoms with Gasteiger partial charge in [0.1, 0.15) is 5.01 Å². The van der Waals surface area contributed by atoms with Crippen LogP contribution in [-0.2, 0) is 4.79 Å². The molecule has 1 amide bonds. The number of carbonyl (C=O) groups excluding carboxylic acids is 1. The first kappa shape index (κ1) is 18.8. The van der Waals surface area contributed by atoms with Crippen LogP contribution < -0.4 is 10.2 Å². The number of anilines is 1. The molecule has 0 saturated carbocycles. The molecule has 1 aliphatic heterocycles. The summed E-state index contributed by atoms with van der Waals surface area (Å²) in [5, 5.41) is 6.79. The molecule has 144 valence electrons. The summed E-state index contributed by atoms with van der Waals surface area (Å²) in [7, 11) is 0. The standard InChI is InChI=1S/C22H24N4OS/c1-15(17-5-7-19(8-6-17)26-13-3-4-21(26)27)24-16(2)22-25-20(14-28-22)18-9-11-23-12-10-18/h5-12,14-16,24H,3-4,13H2,1-2H3. The van der Waals surface area contributed by atoms with Gasteiger partial charge in [-0.3, -0.25) is 9.78 Å². The van der Waals surface area contributed by atoms with E-state index >= 15 is 0 Å². The maximum atomic E-state index is 11.9. The number of benzene rings is 1. The van der Waals surface area contributed by atoms with Crippen LogP contribution in [0.2, 0.25) is 0 Å². The zero-order chi connectivity index (χ0) is 19.5. The van der Waals surface area contributed by atoms with Crippen LogP contribution in [0.25, 0.3) is 11.3 Å². The highest BCUT2D eigenvalue weighted by molar-refractivity contribution is 7.10. The average molecular weight is 393 g/mol. The molecule has 4 rings (SSSR count). The molecule has 1 aliphatic rings. The molecule has 2 aromatic heterocycles. The summed E-state index contributed by atoms with van der Waals surface area (Å²) in [6, 6.07) is 12.6. The van der Waals surface area contributed by atoms with Crippen molar-refractivity contribution in [2.45, 2.75) is 38.8 Å². The van der Waals surface area contributed by atoms with Gasteiger partial charge in [0.25, 0.3) is 0 Å². The Labute approximate surface area is 169 Å². The van der Waals surface area contributed by atoms with E-state index in [1.807, 2.05) is 29.2 Å². The first-order chi connectivity index (χ1) is 13.6. The van der Waals surface area contributed by atoms with Crippen LogP contribution in [-0.4, -0.2) is 22.4 Å². The number of pyridine rings is 1. The van der Waals surface area contributed by atoms with E-state index in [2.05, 4.69) is 41.7 Å². The first-order valence-corrected chi connectivity index (χ1v) is 10.5. The Morgan fingerprint density at radius 1 is 1.07 bits per heavy atom. The lowest BCUT2D eigenvalue weighted by molar-refractivity contribution is -0.117. The second-order valence-electron chi connectivity index (χ2n) is 7.16. The SMILES string of the molecule is CC(NC(C)c1nc(-c2ccncc2)cs1)c1ccc(N2CCCC2=O)cc1. The smallest absolute Gasteiger partial charge is 0.227 e. The molecule has 1 saturated heterocycles. The van der Waals surface area contributed by atoms with E-state index in [1.54, 1.807) is 23.7 Å². The molecule has 1 fully saturated rings.